The van der Waals surface area contributed by atoms with Crippen molar-refractivity contribution in [2.24, 2.45) is 0 Å². The Morgan fingerprint density at radius 1 is 1.05 bits per heavy atom. The van der Waals surface area contributed by atoms with Crippen LogP contribution in [-0.2, 0) is 0 Å². The predicted octanol–water partition coefficient (Wildman–Crippen LogP) is 5.24. The number of aryl methyl sites for hydroxylation is 4. The molecular formula is C16H17N3S2. The third-order valence-corrected chi connectivity index (χ3v) is 5.12. The van der Waals surface area contributed by atoms with Gasteiger partial charge in [-0.05, 0) is 39.3 Å². The molecule has 0 saturated carbocycles. The fourth-order valence-electron chi connectivity index (χ4n) is 2.27. The Labute approximate surface area is 132 Å². The topological polar surface area (TPSA) is 37.8 Å². The van der Waals surface area contributed by atoms with Crippen LogP contribution in [0.15, 0.2) is 23.6 Å². The van der Waals surface area contributed by atoms with E-state index in [2.05, 4.69) is 47.7 Å². The van der Waals surface area contributed by atoms with Gasteiger partial charge in [-0.1, -0.05) is 17.7 Å². The van der Waals surface area contributed by atoms with Gasteiger partial charge in [0.15, 0.2) is 5.13 Å². The van der Waals surface area contributed by atoms with Crippen LogP contribution < -0.4 is 5.32 Å². The minimum absolute atomic E-state index is 0.919. The molecule has 0 aliphatic carbocycles. The molecule has 0 unspecified atom stereocenters. The van der Waals surface area contributed by atoms with Gasteiger partial charge >= 0.3 is 0 Å². The van der Waals surface area contributed by atoms with Gasteiger partial charge in [0.25, 0.3) is 0 Å². The van der Waals surface area contributed by atoms with Crippen LogP contribution in [0.25, 0.3) is 10.6 Å². The Bertz CT molecular complexity index is 787. The molecule has 0 spiro atoms. The number of aromatic nitrogens is 2. The molecule has 108 valence electrons. The molecule has 1 aromatic carbocycles. The maximum Gasteiger partial charge on any atom is 0.187 e. The molecule has 3 rings (SSSR count). The SMILES string of the molecule is Cc1ccc(Nc2nc(-c3sc(C)nc3C)cs2)c(C)c1. The van der Waals surface area contributed by atoms with Crippen molar-refractivity contribution in [1.82, 2.24) is 9.97 Å². The maximum absolute atomic E-state index is 4.69. The minimum Gasteiger partial charge on any atom is -0.331 e. The number of nitrogens with zero attached hydrogens (tertiary/aromatic N) is 2. The van der Waals surface area contributed by atoms with Crippen LogP contribution in [0.4, 0.5) is 10.8 Å². The second-order valence-corrected chi connectivity index (χ2v) is 7.19. The van der Waals surface area contributed by atoms with Gasteiger partial charge in [-0.25, -0.2) is 9.97 Å². The van der Waals surface area contributed by atoms with Gasteiger partial charge in [0.2, 0.25) is 0 Å². The van der Waals surface area contributed by atoms with E-state index in [1.165, 1.54) is 11.1 Å². The molecule has 0 fully saturated rings. The second-order valence-electron chi connectivity index (χ2n) is 5.13. The Morgan fingerprint density at radius 2 is 1.86 bits per heavy atom. The molecule has 0 saturated heterocycles. The molecule has 2 aromatic heterocycles. The minimum atomic E-state index is 0.919. The average molecular weight is 315 g/mol. The maximum atomic E-state index is 4.69. The van der Waals surface area contributed by atoms with Crippen molar-refractivity contribution in [2.75, 3.05) is 5.32 Å². The van der Waals surface area contributed by atoms with E-state index in [9.17, 15) is 0 Å². The summed E-state index contributed by atoms with van der Waals surface area (Å²) in [6, 6.07) is 6.39. The molecule has 0 bridgehead atoms. The molecule has 0 amide bonds. The molecule has 3 aromatic rings. The molecule has 1 N–H and O–H groups in total. The zero-order valence-corrected chi connectivity index (χ0v) is 14.2. The molecule has 0 atom stereocenters. The van der Waals surface area contributed by atoms with Crippen molar-refractivity contribution in [3.63, 3.8) is 0 Å². The van der Waals surface area contributed by atoms with E-state index in [4.69, 9.17) is 4.98 Å². The lowest BCUT2D eigenvalue weighted by atomic mass is 10.1. The highest BCUT2D eigenvalue weighted by Crippen LogP contribution is 2.33. The molecule has 5 heteroatoms. The van der Waals surface area contributed by atoms with Gasteiger partial charge in [-0.3, -0.25) is 0 Å². The van der Waals surface area contributed by atoms with Crippen LogP contribution in [0.1, 0.15) is 21.8 Å². The van der Waals surface area contributed by atoms with Crippen molar-refractivity contribution in [3.8, 4) is 10.6 Å². The first-order valence-corrected chi connectivity index (χ1v) is 8.47. The van der Waals surface area contributed by atoms with E-state index in [0.29, 0.717) is 0 Å². The summed E-state index contributed by atoms with van der Waals surface area (Å²) in [6.07, 6.45) is 0. The second kappa shape index (κ2) is 5.58. The zero-order chi connectivity index (χ0) is 15.0. The number of benzene rings is 1. The lowest BCUT2D eigenvalue weighted by Crippen LogP contribution is -1.93. The Hall–Kier alpha value is -1.72. The fourth-order valence-corrected chi connectivity index (χ4v) is 3.94. The molecular weight excluding hydrogens is 298 g/mol. The third kappa shape index (κ3) is 2.99. The Morgan fingerprint density at radius 3 is 2.52 bits per heavy atom. The van der Waals surface area contributed by atoms with Crippen molar-refractivity contribution in [1.29, 1.82) is 0 Å². The van der Waals surface area contributed by atoms with E-state index in [-0.39, 0.29) is 0 Å². The van der Waals surface area contributed by atoms with Crippen LogP contribution in [0, 0.1) is 27.7 Å². The summed E-state index contributed by atoms with van der Waals surface area (Å²) >= 11 is 3.32. The van der Waals surface area contributed by atoms with Crippen molar-refractivity contribution in [3.05, 3.63) is 45.4 Å². The Balaban J connectivity index is 1.87. The summed E-state index contributed by atoms with van der Waals surface area (Å²) in [4.78, 5) is 10.3. The fraction of sp³-hybridized carbons (Fsp3) is 0.250. The molecule has 0 radical (unpaired) electrons. The third-order valence-electron chi connectivity index (χ3n) is 3.26. The molecule has 0 aliphatic rings. The van der Waals surface area contributed by atoms with Gasteiger partial charge in [-0.15, -0.1) is 22.7 Å². The molecule has 2 heterocycles. The Kier molecular flexibility index (Phi) is 3.78. The summed E-state index contributed by atoms with van der Waals surface area (Å²) in [6.45, 7) is 8.28. The number of hydrogen-bond donors (Lipinski definition) is 1. The lowest BCUT2D eigenvalue weighted by molar-refractivity contribution is 1.20. The predicted molar refractivity (Wildman–Crippen MR) is 91.9 cm³/mol. The standard InChI is InChI=1S/C16H17N3S2/c1-9-5-6-13(10(2)7-9)18-16-19-14(8-20-16)15-11(3)17-12(4)21-15/h5-8H,1-4H3,(H,18,19). The summed E-state index contributed by atoms with van der Waals surface area (Å²) < 4.78 is 0. The van der Waals surface area contributed by atoms with E-state index in [1.54, 1.807) is 22.7 Å². The van der Waals surface area contributed by atoms with Gasteiger partial charge < -0.3 is 5.32 Å². The van der Waals surface area contributed by atoms with E-state index < -0.39 is 0 Å². The summed E-state index contributed by atoms with van der Waals surface area (Å²) in [5.74, 6) is 0. The van der Waals surface area contributed by atoms with Gasteiger partial charge in [0, 0.05) is 11.1 Å². The normalized spacial score (nSPS) is 10.9. The molecule has 21 heavy (non-hydrogen) atoms. The van der Waals surface area contributed by atoms with Crippen molar-refractivity contribution in [2.45, 2.75) is 27.7 Å². The summed E-state index contributed by atoms with van der Waals surface area (Å²) in [5.41, 5.74) is 5.68. The first-order chi connectivity index (χ1) is 10.0. The smallest absolute Gasteiger partial charge is 0.187 e. The van der Waals surface area contributed by atoms with E-state index >= 15 is 0 Å². The number of nitrogens with one attached hydrogen (secondary N) is 1. The van der Waals surface area contributed by atoms with E-state index in [1.807, 2.05) is 13.8 Å². The van der Waals surface area contributed by atoms with Crippen LogP contribution in [0.3, 0.4) is 0 Å². The van der Waals surface area contributed by atoms with Gasteiger partial charge in [-0.2, -0.15) is 0 Å². The number of hydrogen-bond acceptors (Lipinski definition) is 5. The first kappa shape index (κ1) is 14.2. The largest absolute Gasteiger partial charge is 0.331 e. The molecule has 0 aliphatic heterocycles. The number of anilines is 2. The van der Waals surface area contributed by atoms with Gasteiger partial charge in [0.05, 0.1) is 21.3 Å². The number of thiazole rings is 2. The van der Waals surface area contributed by atoms with E-state index in [0.717, 1.165) is 32.1 Å². The van der Waals surface area contributed by atoms with Crippen LogP contribution in [0.5, 0.6) is 0 Å². The highest BCUT2D eigenvalue weighted by atomic mass is 32.1. The monoisotopic (exact) mass is 315 g/mol. The summed E-state index contributed by atoms with van der Waals surface area (Å²) in [7, 11) is 0. The summed E-state index contributed by atoms with van der Waals surface area (Å²) in [5, 5.41) is 7.50. The highest BCUT2D eigenvalue weighted by molar-refractivity contribution is 7.16. The highest BCUT2D eigenvalue weighted by Gasteiger charge is 2.12. The average Bonchev–Trinajstić information content (AvgIpc) is 2.99. The van der Waals surface area contributed by atoms with Crippen molar-refractivity contribution >= 4 is 33.5 Å². The van der Waals surface area contributed by atoms with Crippen molar-refractivity contribution < 1.29 is 0 Å². The van der Waals surface area contributed by atoms with Crippen LogP contribution in [-0.4, -0.2) is 9.97 Å². The molecule has 3 nitrogen and oxygen atoms in total. The van der Waals surface area contributed by atoms with Crippen LogP contribution >= 0.6 is 22.7 Å². The first-order valence-electron chi connectivity index (χ1n) is 6.77. The quantitative estimate of drug-likeness (QED) is 0.718. The lowest BCUT2D eigenvalue weighted by Gasteiger charge is -2.07. The zero-order valence-electron chi connectivity index (χ0n) is 12.5. The number of rotatable bonds is 3. The van der Waals surface area contributed by atoms with Gasteiger partial charge in [0.1, 0.15) is 0 Å². The van der Waals surface area contributed by atoms with Crippen LogP contribution in [0.2, 0.25) is 0 Å².